The van der Waals surface area contributed by atoms with Gasteiger partial charge in [-0.05, 0) is 59.7 Å². The molecule has 0 amide bonds. The molecule has 6 N–H and O–H groups in total. The van der Waals surface area contributed by atoms with E-state index in [4.69, 9.17) is 9.47 Å². The Hall–Kier alpha value is -4.74. The first-order valence-electron chi connectivity index (χ1n) is 15.6. The maximum absolute atomic E-state index is 12.5. The maximum Gasteiger partial charge on any atom is 0.322 e. The van der Waals surface area contributed by atoms with Crippen LogP contribution in [0.4, 0.5) is 46.5 Å². The molecule has 2 aromatic heterocycles. The largest absolute Gasteiger partial charge is 0.467 e. The zero-order chi connectivity index (χ0) is 38.3. The number of aromatic nitrogens is 6. The number of nitrogens with zero attached hydrogens (tertiary/aromatic N) is 6. The van der Waals surface area contributed by atoms with Gasteiger partial charge in [-0.15, -0.1) is 0 Å². The van der Waals surface area contributed by atoms with E-state index in [9.17, 15) is 25.9 Å². The van der Waals surface area contributed by atoms with E-state index in [0.29, 0.717) is 11.4 Å². The van der Waals surface area contributed by atoms with E-state index >= 15 is 0 Å². The van der Waals surface area contributed by atoms with Gasteiger partial charge in [0.25, 0.3) is 20.2 Å². The molecular formula is C34H30N10Na2O8S2. The minimum absolute atomic E-state index is 0. The van der Waals surface area contributed by atoms with E-state index < -0.39 is 30.0 Å². The van der Waals surface area contributed by atoms with Crippen LogP contribution in [0.5, 0.6) is 12.0 Å². The van der Waals surface area contributed by atoms with Crippen LogP contribution in [0.3, 0.4) is 0 Å². The Morgan fingerprint density at radius 3 is 1.11 bits per heavy atom. The summed E-state index contributed by atoms with van der Waals surface area (Å²) in [5, 5.41) is 11.8. The van der Waals surface area contributed by atoms with E-state index in [1.54, 1.807) is 24.3 Å². The average molecular weight is 817 g/mol. The Bertz CT molecular complexity index is 2380. The number of hydrogen-bond donors (Lipinski definition) is 6. The summed E-state index contributed by atoms with van der Waals surface area (Å²) in [6.45, 7) is 0. The quantitative estimate of drug-likeness (QED) is 0.0483. The van der Waals surface area contributed by atoms with Crippen molar-refractivity contribution in [3.63, 3.8) is 0 Å². The third kappa shape index (κ3) is 11.9. The summed E-state index contributed by atoms with van der Waals surface area (Å²) >= 11 is 0. The van der Waals surface area contributed by atoms with Crippen LogP contribution < -0.4 is 30.7 Å². The molecule has 0 aliphatic heterocycles. The molecule has 6 rings (SSSR count). The van der Waals surface area contributed by atoms with Gasteiger partial charge in [-0.2, -0.15) is 46.7 Å². The van der Waals surface area contributed by atoms with Crippen LogP contribution in [-0.4, -0.2) is 129 Å². The Kier molecular flexibility index (Phi) is 15.2. The third-order valence-electron chi connectivity index (χ3n) is 7.19. The predicted octanol–water partition coefficient (Wildman–Crippen LogP) is 4.95. The van der Waals surface area contributed by atoms with Crippen LogP contribution in [-0.2, 0) is 20.2 Å². The zero-order valence-corrected chi connectivity index (χ0v) is 35.9. The molecule has 0 spiro atoms. The summed E-state index contributed by atoms with van der Waals surface area (Å²) in [5.41, 5.74) is 1.70. The molecule has 0 fully saturated rings. The summed E-state index contributed by atoms with van der Waals surface area (Å²) in [7, 11) is -6.90. The van der Waals surface area contributed by atoms with Gasteiger partial charge in [-0.25, -0.2) is 0 Å². The Morgan fingerprint density at radius 1 is 0.482 bits per heavy atom. The average Bonchev–Trinajstić information content (AvgIpc) is 3.14. The smallest absolute Gasteiger partial charge is 0.322 e. The van der Waals surface area contributed by atoms with Crippen LogP contribution in [0.25, 0.3) is 12.2 Å². The van der Waals surface area contributed by atoms with Crippen molar-refractivity contribution >= 4 is 138 Å². The SMILES string of the molecule is COc1nc(Nc2ccccc2)nc(Nc2ccc(C=Cc3ccc(Nc4nc(Nc5ccccc5)nc(OC)n4)cc3S(=O)(=O)O)c(S(=O)(=O)O)c2)n1.[Na].[Na]. The molecule has 22 heteroatoms. The molecule has 2 radical (unpaired) electrons. The molecular weight excluding hydrogens is 787 g/mol. The monoisotopic (exact) mass is 816 g/mol. The van der Waals surface area contributed by atoms with E-state index in [2.05, 4.69) is 51.2 Å². The van der Waals surface area contributed by atoms with Gasteiger partial charge in [0, 0.05) is 81.9 Å². The minimum atomic E-state index is -4.82. The van der Waals surface area contributed by atoms with E-state index in [0.717, 1.165) is 12.1 Å². The van der Waals surface area contributed by atoms with Crippen molar-refractivity contribution in [2.45, 2.75) is 9.79 Å². The molecule has 0 bridgehead atoms. The molecule has 0 unspecified atom stereocenters. The summed E-state index contributed by atoms with van der Waals surface area (Å²) in [4.78, 5) is 24.2. The molecule has 56 heavy (non-hydrogen) atoms. The van der Waals surface area contributed by atoms with Crippen molar-refractivity contribution in [2.24, 2.45) is 0 Å². The second kappa shape index (κ2) is 19.4. The maximum atomic E-state index is 12.5. The number of nitrogens with one attached hydrogen (secondary N) is 4. The fourth-order valence-corrected chi connectivity index (χ4v) is 6.22. The molecule has 0 atom stereocenters. The van der Waals surface area contributed by atoms with Crippen LogP contribution in [0.15, 0.2) is 107 Å². The van der Waals surface area contributed by atoms with Gasteiger partial charge in [-0.3, -0.25) is 9.11 Å². The van der Waals surface area contributed by atoms with Crippen LogP contribution in [0.1, 0.15) is 11.1 Å². The van der Waals surface area contributed by atoms with Crippen molar-refractivity contribution in [3.05, 3.63) is 108 Å². The van der Waals surface area contributed by atoms with Gasteiger partial charge in [0.1, 0.15) is 9.79 Å². The molecule has 6 aromatic rings. The zero-order valence-electron chi connectivity index (χ0n) is 30.2. The molecule has 0 saturated carbocycles. The second-order valence-electron chi connectivity index (χ2n) is 11.0. The van der Waals surface area contributed by atoms with Crippen molar-refractivity contribution in [3.8, 4) is 12.0 Å². The van der Waals surface area contributed by atoms with Crippen molar-refractivity contribution in [1.82, 2.24) is 29.9 Å². The van der Waals surface area contributed by atoms with Crippen LogP contribution >= 0.6 is 0 Å². The number of benzene rings is 4. The molecule has 4 aromatic carbocycles. The fraction of sp³-hybridized carbons (Fsp3) is 0.0588. The van der Waals surface area contributed by atoms with E-state index in [1.807, 2.05) is 36.4 Å². The van der Waals surface area contributed by atoms with Crippen LogP contribution in [0, 0.1) is 0 Å². The molecule has 18 nitrogen and oxygen atoms in total. The molecule has 278 valence electrons. The first-order chi connectivity index (χ1) is 25.9. The number of hydrogen-bond acceptors (Lipinski definition) is 16. The topological polar surface area (TPSA) is 253 Å². The van der Waals surface area contributed by atoms with Crippen molar-refractivity contribution < 1.29 is 35.4 Å². The first-order valence-corrected chi connectivity index (χ1v) is 18.4. The minimum Gasteiger partial charge on any atom is -0.467 e. The molecule has 2 heterocycles. The fourth-order valence-electron chi connectivity index (χ4n) is 4.80. The summed E-state index contributed by atoms with van der Waals surface area (Å²) in [6.07, 6.45) is 2.52. The number of ether oxygens (including phenoxy) is 2. The molecule has 0 aliphatic rings. The van der Waals surface area contributed by atoms with Gasteiger partial charge in [0.15, 0.2) is 0 Å². The number of rotatable bonds is 14. The first kappa shape index (κ1) is 44.0. The van der Waals surface area contributed by atoms with Gasteiger partial charge < -0.3 is 30.7 Å². The summed E-state index contributed by atoms with van der Waals surface area (Å²) in [5.74, 6) is 0.268. The van der Waals surface area contributed by atoms with Gasteiger partial charge in [0.2, 0.25) is 23.8 Å². The standard InChI is InChI=1S/C34H30N10O8S2.2Na/c1-51-33-41-29(35-23-9-5-3-6-10-23)39-31(43-33)37-25-17-15-21(27(19-25)53(45,46)47)13-14-22-16-18-26(20-28(22)54(48,49)50)38-32-40-30(42-34(44-32)52-2)36-24-11-7-4-8-12-24;;/h3-20H,1-2H3,(H,45,46,47)(H,48,49,50)(H2,35,37,39,41,43)(H2,36,38,40,42,44);;. The third-order valence-corrected chi connectivity index (χ3v) is 9.01. The molecule has 0 aliphatic carbocycles. The Balaban J connectivity index is 0.00000348. The van der Waals surface area contributed by atoms with E-state index in [1.165, 1.54) is 50.6 Å². The van der Waals surface area contributed by atoms with Gasteiger partial charge in [0.05, 0.1) is 14.2 Å². The number of methoxy groups -OCH3 is 2. The van der Waals surface area contributed by atoms with Gasteiger partial charge >= 0.3 is 12.0 Å². The molecule has 0 saturated heterocycles. The van der Waals surface area contributed by atoms with E-state index in [-0.39, 0.29) is 117 Å². The van der Waals surface area contributed by atoms with Crippen molar-refractivity contribution in [2.75, 3.05) is 35.5 Å². The van der Waals surface area contributed by atoms with Crippen molar-refractivity contribution in [1.29, 1.82) is 0 Å². The number of para-hydroxylation sites is 2. The summed E-state index contributed by atoms with van der Waals surface area (Å²) in [6, 6.07) is 26.1. The Morgan fingerprint density at radius 2 is 0.804 bits per heavy atom. The van der Waals surface area contributed by atoms with Gasteiger partial charge in [-0.1, -0.05) is 60.7 Å². The second-order valence-corrected chi connectivity index (χ2v) is 13.7. The normalized spacial score (nSPS) is 11.1. The predicted molar refractivity (Wildman–Crippen MR) is 212 cm³/mol. The number of anilines is 8. The van der Waals surface area contributed by atoms with Crippen LogP contribution in [0.2, 0.25) is 0 Å². The summed E-state index contributed by atoms with van der Waals surface area (Å²) < 4.78 is 80.6. The Labute approximate surface area is 365 Å².